The molecule has 0 unspecified atom stereocenters. The van der Waals surface area contributed by atoms with Crippen LogP contribution >= 0.6 is 0 Å². The van der Waals surface area contributed by atoms with E-state index in [0.29, 0.717) is 32.7 Å². The van der Waals surface area contributed by atoms with Crippen LogP contribution in [0.5, 0.6) is 0 Å². The summed E-state index contributed by atoms with van der Waals surface area (Å²) < 4.78 is 6.05. The molecule has 0 aromatic heterocycles. The first-order valence-electron chi connectivity index (χ1n) is 9.97. The first-order valence-corrected chi connectivity index (χ1v) is 9.97. The van der Waals surface area contributed by atoms with Crippen LogP contribution in [0.2, 0.25) is 0 Å². The van der Waals surface area contributed by atoms with Gasteiger partial charge in [0.25, 0.3) is 0 Å². The van der Waals surface area contributed by atoms with Crippen LogP contribution < -0.4 is 10.6 Å². The number of benzene rings is 2. The predicted molar refractivity (Wildman–Crippen MR) is 111 cm³/mol. The van der Waals surface area contributed by atoms with E-state index in [1.165, 1.54) is 0 Å². The molecule has 2 aliphatic rings. The lowest BCUT2D eigenvalue weighted by molar-refractivity contribution is -0.0642. The minimum atomic E-state index is -0.153. The topological polar surface area (TPSA) is 73.9 Å². The van der Waals surface area contributed by atoms with Crippen molar-refractivity contribution >= 4 is 17.7 Å². The Kier molecular flexibility index (Phi) is 5.67. The SMILES string of the molecule is C[C@H]1CN(C(=O)Nc2ccccc2CN2CCNC2=O)C[C@H](c2ccccc2)O1. The highest BCUT2D eigenvalue weighted by molar-refractivity contribution is 5.90. The molecule has 2 aromatic carbocycles. The standard InChI is InChI=1S/C22H26N4O3/c1-16-13-26(15-20(29-16)17-7-3-2-4-8-17)22(28)24-19-10-6-5-9-18(19)14-25-12-11-23-21(25)27/h2-10,16,20H,11-15H2,1H3,(H,23,27)(H,24,28)/t16-,20+/m0/s1. The molecule has 7 heteroatoms. The average Bonchev–Trinajstić information content (AvgIpc) is 3.14. The number of hydrogen-bond donors (Lipinski definition) is 2. The van der Waals surface area contributed by atoms with Crippen molar-refractivity contribution in [3.63, 3.8) is 0 Å². The third-order valence-electron chi connectivity index (χ3n) is 5.28. The highest BCUT2D eigenvalue weighted by Crippen LogP contribution is 2.26. The van der Waals surface area contributed by atoms with E-state index in [4.69, 9.17) is 4.74 Å². The number of nitrogens with one attached hydrogen (secondary N) is 2. The molecular weight excluding hydrogens is 368 g/mol. The van der Waals surface area contributed by atoms with Gasteiger partial charge in [-0.25, -0.2) is 9.59 Å². The summed E-state index contributed by atoms with van der Waals surface area (Å²) in [4.78, 5) is 28.4. The summed E-state index contributed by atoms with van der Waals surface area (Å²) in [5.74, 6) is 0. The lowest BCUT2D eigenvalue weighted by Crippen LogP contribution is -2.47. The molecule has 0 aliphatic carbocycles. The second-order valence-corrected chi connectivity index (χ2v) is 7.49. The van der Waals surface area contributed by atoms with Crippen molar-refractivity contribution < 1.29 is 14.3 Å². The van der Waals surface area contributed by atoms with Crippen LogP contribution in [-0.2, 0) is 11.3 Å². The Balaban J connectivity index is 1.45. The van der Waals surface area contributed by atoms with Gasteiger partial charge in [-0.15, -0.1) is 0 Å². The van der Waals surface area contributed by atoms with Gasteiger partial charge in [-0.3, -0.25) is 0 Å². The molecular formula is C22H26N4O3. The largest absolute Gasteiger partial charge is 0.367 e. The number of ether oxygens (including phenoxy) is 1. The zero-order valence-electron chi connectivity index (χ0n) is 16.5. The fourth-order valence-corrected chi connectivity index (χ4v) is 3.81. The maximum absolute atomic E-state index is 13.0. The zero-order valence-corrected chi connectivity index (χ0v) is 16.5. The molecule has 2 aromatic rings. The Morgan fingerprint density at radius 1 is 1.14 bits per heavy atom. The number of nitrogens with zero attached hydrogens (tertiary/aromatic N) is 2. The number of amides is 4. The number of morpholine rings is 1. The highest BCUT2D eigenvalue weighted by atomic mass is 16.5. The van der Waals surface area contributed by atoms with Crippen molar-refractivity contribution in [1.29, 1.82) is 0 Å². The summed E-state index contributed by atoms with van der Waals surface area (Å²) in [7, 11) is 0. The number of anilines is 1. The number of carbonyl (C=O) groups excluding carboxylic acids is 2. The second-order valence-electron chi connectivity index (χ2n) is 7.49. The summed E-state index contributed by atoms with van der Waals surface area (Å²) in [6.07, 6.45) is -0.197. The fraction of sp³-hybridized carbons (Fsp3) is 0.364. The lowest BCUT2D eigenvalue weighted by atomic mass is 10.1. The number of urea groups is 2. The summed E-state index contributed by atoms with van der Waals surface area (Å²) in [6, 6.07) is 17.4. The van der Waals surface area contributed by atoms with E-state index in [-0.39, 0.29) is 24.3 Å². The Hall–Kier alpha value is -3.06. The molecule has 7 nitrogen and oxygen atoms in total. The summed E-state index contributed by atoms with van der Waals surface area (Å²) in [5, 5.41) is 5.84. The van der Waals surface area contributed by atoms with E-state index < -0.39 is 0 Å². The number of rotatable bonds is 4. The molecule has 4 rings (SSSR count). The van der Waals surface area contributed by atoms with Crippen LogP contribution in [0, 0.1) is 0 Å². The third kappa shape index (κ3) is 4.51. The Bertz CT molecular complexity index is 873. The molecule has 2 fully saturated rings. The monoisotopic (exact) mass is 394 g/mol. The lowest BCUT2D eigenvalue weighted by Gasteiger charge is -2.37. The van der Waals surface area contributed by atoms with Gasteiger partial charge in [-0.2, -0.15) is 0 Å². The van der Waals surface area contributed by atoms with Crippen LogP contribution in [0.25, 0.3) is 0 Å². The van der Waals surface area contributed by atoms with Gasteiger partial charge in [0, 0.05) is 31.9 Å². The average molecular weight is 394 g/mol. The molecule has 0 radical (unpaired) electrons. The first kappa shape index (κ1) is 19.3. The second kappa shape index (κ2) is 8.53. The maximum Gasteiger partial charge on any atom is 0.322 e. The van der Waals surface area contributed by atoms with E-state index in [1.54, 1.807) is 9.80 Å². The van der Waals surface area contributed by atoms with Gasteiger partial charge in [0.15, 0.2) is 0 Å². The van der Waals surface area contributed by atoms with Gasteiger partial charge in [0.05, 0.1) is 12.6 Å². The first-order chi connectivity index (χ1) is 14.1. The fourth-order valence-electron chi connectivity index (χ4n) is 3.81. The van der Waals surface area contributed by atoms with Crippen molar-refractivity contribution in [1.82, 2.24) is 15.1 Å². The normalized spacial score (nSPS) is 21.8. The van der Waals surface area contributed by atoms with Crippen LogP contribution in [0.1, 0.15) is 24.2 Å². The summed E-state index contributed by atoms with van der Waals surface area (Å²) >= 11 is 0. The van der Waals surface area contributed by atoms with Gasteiger partial charge in [-0.1, -0.05) is 48.5 Å². The van der Waals surface area contributed by atoms with Gasteiger partial charge < -0.3 is 25.2 Å². The van der Waals surface area contributed by atoms with E-state index in [9.17, 15) is 9.59 Å². The van der Waals surface area contributed by atoms with E-state index >= 15 is 0 Å². The highest BCUT2D eigenvalue weighted by Gasteiger charge is 2.30. The number of carbonyl (C=O) groups is 2. The minimum Gasteiger partial charge on any atom is -0.367 e. The molecule has 152 valence electrons. The quantitative estimate of drug-likeness (QED) is 0.836. The van der Waals surface area contributed by atoms with Gasteiger partial charge in [0.1, 0.15) is 6.10 Å². The molecule has 2 aliphatic heterocycles. The van der Waals surface area contributed by atoms with E-state index in [0.717, 1.165) is 16.8 Å². The molecule has 2 N–H and O–H groups in total. The van der Waals surface area contributed by atoms with Gasteiger partial charge in [0.2, 0.25) is 0 Å². The van der Waals surface area contributed by atoms with E-state index in [2.05, 4.69) is 10.6 Å². The van der Waals surface area contributed by atoms with Crippen molar-refractivity contribution in [2.45, 2.75) is 25.7 Å². The van der Waals surface area contributed by atoms with Crippen molar-refractivity contribution in [2.75, 3.05) is 31.5 Å². The molecule has 0 spiro atoms. The summed E-state index contributed by atoms with van der Waals surface area (Å²) in [6.45, 7) is 4.80. The minimum absolute atomic E-state index is 0.0526. The summed E-state index contributed by atoms with van der Waals surface area (Å²) in [5.41, 5.74) is 2.71. The molecule has 2 atom stereocenters. The van der Waals surface area contributed by atoms with Crippen molar-refractivity contribution in [3.05, 3.63) is 65.7 Å². The third-order valence-corrected chi connectivity index (χ3v) is 5.28. The van der Waals surface area contributed by atoms with Crippen LogP contribution in [0.3, 0.4) is 0 Å². The molecule has 0 bridgehead atoms. The smallest absolute Gasteiger partial charge is 0.322 e. The Morgan fingerprint density at radius 2 is 1.90 bits per heavy atom. The maximum atomic E-state index is 13.0. The van der Waals surface area contributed by atoms with Gasteiger partial charge in [-0.05, 0) is 24.1 Å². The molecule has 2 saturated heterocycles. The Labute approximate surface area is 170 Å². The van der Waals surface area contributed by atoms with Crippen LogP contribution in [-0.4, -0.2) is 54.1 Å². The van der Waals surface area contributed by atoms with Gasteiger partial charge >= 0.3 is 12.1 Å². The van der Waals surface area contributed by atoms with Crippen LogP contribution in [0.4, 0.5) is 15.3 Å². The van der Waals surface area contributed by atoms with Crippen molar-refractivity contribution in [3.8, 4) is 0 Å². The predicted octanol–water partition coefficient (Wildman–Crippen LogP) is 3.21. The molecule has 0 saturated carbocycles. The number of para-hydroxylation sites is 1. The molecule has 4 amide bonds. The van der Waals surface area contributed by atoms with Crippen molar-refractivity contribution in [2.24, 2.45) is 0 Å². The number of hydrogen-bond acceptors (Lipinski definition) is 3. The molecule has 2 heterocycles. The Morgan fingerprint density at radius 3 is 2.66 bits per heavy atom. The molecule has 29 heavy (non-hydrogen) atoms. The van der Waals surface area contributed by atoms with E-state index in [1.807, 2.05) is 61.5 Å². The zero-order chi connectivity index (χ0) is 20.2. The van der Waals surface area contributed by atoms with Crippen LogP contribution in [0.15, 0.2) is 54.6 Å².